The third-order valence-electron chi connectivity index (χ3n) is 3.20. The number of nitro groups is 1. The molecule has 1 aromatic heterocycles. The van der Waals surface area contributed by atoms with Crippen molar-refractivity contribution in [2.24, 2.45) is 4.99 Å². The Labute approximate surface area is 130 Å². The van der Waals surface area contributed by atoms with Crippen LogP contribution in [0.25, 0.3) is 22.4 Å². The summed E-state index contributed by atoms with van der Waals surface area (Å²) < 4.78 is 0. The Hall–Kier alpha value is -2.73. The van der Waals surface area contributed by atoms with Gasteiger partial charge in [0.15, 0.2) is 0 Å². The molecule has 0 saturated heterocycles. The van der Waals surface area contributed by atoms with Crippen LogP contribution in [0.4, 0.5) is 5.69 Å². The number of hydrogen-bond donors (Lipinski definition) is 1. The van der Waals surface area contributed by atoms with Gasteiger partial charge in [-0.05, 0) is 23.8 Å². The second-order valence-electron chi connectivity index (χ2n) is 4.67. The number of rotatable bonds is 3. The molecule has 0 saturated carbocycles. The Kier molecular flexibility index (Phi) is 3.60. The zero-order valence-corrected chi connectivity index (χ0v) is 12.3. The number of aliphatic imine (C=N–C) groups is 1. The predicted molar refractivity (Wildman–Crippen MR) is 86.7 cm³/mol. The third-order valence-corrected chi connectivity index (χ3v) is 3.53. The van der Waals surface area contributed by atoms with Crippen LogP contribution in [0.2, 0.25) is 5.02 Å². The fraction of sp³-hybridized carbons (Fsp3) is 0.0667. The third kappa shape index (κ3) is 2.56. The van der Waals surface area contributed by atoms with Gasteiger partial charge >= 0.3 is 0 Å². The van der Waals surface area contributed by atoms with E-state index in [4.69, 9.17) is 11.6 Å². The van der Waals surface area contributed by atoms with Crippen LogP contribution in [0.15, 0.2) is 41.4 Å². The van der Waals surface area contributed by atoms with E-state index in [2.05, 4.69) is 15.0 Å². The van der Waals surface area contributed by atoms with Gasteiger partial charge in [0.05, 0.1) is 21.0 Å². The molecule has 22 heavy (non-hydrogen) atoms. The van der Waals surface area contributed by atoms with E-state index in [1.54, 1.807) is 13.3 Å². The van der Waals surface area contributed by atoms with Gasteiger partial charge < -0.3 is 4.98 Å². The van der Waals surface area contributed by atoms with Gasteiger partial charge in [-0.1, -0.05) is 17.7 Å². The highest BCUT2D eigenvalue weighted by molar-refractivity contribution is 6.33. The van der Waals surface area contributed by atoms with Crippen molar-refractivity contribution in [2.75, 3.05) is 7.05 Å². The van der Waals surface area contributed by atoms with Crippen molar-refractivity contribution in [1.82, 2.24) is 9.97 Å². The van der Waals surface area contributed by atoms with Gasteiger partial charge in [-0.3, -0.25) is 15.1 Å². The van der Waals surface area contributed by atoms with Gasteiger partial charge in [0.2, 0.25) is 0 Å². The van der Waals surface area contributed by atoms with Gasteiger partial charge in [0.1, 0.15) is 5.82 Å². The second kappa shape index (κ2) is 5.57. The summed E-state index contributed by atoms with van der Waals surface area (Å²) in [5.74, 6) is 0.495. The molecule has 1 N–H and O–H groups in total. The molecule has 6 nitrogen and oxygen atoms in total. The van der Waals surface area contributed by atoms with Gasteiger partial charge in [-0.2, -0.15) is 0 Å². The number of imidazole rings is 1. The minimum Gasteiger partial charge on any atom is -0.338 e. The fourth-order valence-electron chi connectivity index (χ4n) is 2.19. The molecule has 110 valence electrons. The first-order valence-corrected chi connectivity index (χ1v) is 6.82. The van der Waals surface area contributed by atoms with Crippen molar-refractivity contribution in [2.45, 2.75) is 0 Å². The van der Waals surface area contributed by atoms with Gasteiger partial charge in [0, 0.05) is 31.0 Å². The van der Waals surface area contributed by atoms with Crippen molar-refractivity contribution >= 4 is 34.5 Å². The van der Waals surface area contributed by atoms with E-state index < -0.39 is 4.92 Å². The van der Waals surface area contributed by atoms with Crippen LogP contribution in [0.3, 0.4) is 0 Å². The molecular formula is C15H11ClN4O2. The van der Waals surface area contributed by atoms with Gasteiger partial charge in [-0.15, -0.1) is 0 Å². The van der Waals surface area contributed by atoms with E-state index in [-0.39, 0.29) is 5.69 Å². The Bertz CT molecular complexity index is 902. The van der Waals surface area contributed by atoms with Gasteiger partial charge in [0.25, 0.3) is 5.69 Å². The summed E-state index contributed by atoms with van der Waals surface area (Å²) in [4.78, 5) is 22.0. The van der Waals surface area contributed by atoms with E-state index in [0.717, 1.165) is 16.6 Å². The van der Waals surface area contributed by atoms with Crippen LogP contribution in [-0.2, 0) is 0 Å². The second-order valence-corrected chi connectivity index (χ2v) is 5.08. The molecule has 7 heteroatoms. The number of non-ortho nitro benzene ring substituents is 1. The molecule has 0 aliphatic carbocycles. The zero-order chi connectivity index (χ0) is 15.7. The average molecular weight is 315 g/mol. The molecule has 0 unspecified atom stereocenters. The topological polar surface area (TPSA) is 84.2 Å². The molecule has 1 heterocycles. The van der Waals surface area contributed by atoms with Crippen molar-refractivity contribution in [3.8, 4) is 11.4 Å². The Morgan fingerprint density at radius 3 is 2.86 bits per heavy atom. The van der Waals surface area contributed by atoms with E-state index in [9.17, 15) is 10.1 Å². The van der Waals surface area contributed by atoms with E-state index in [1.165, 1.54) is 18.2 Å². The number of halogens is 1. The number of nitrogens with zero attached hydrogens (tertiary/aromatic N) is 3. The highest BCUT2D eigenvalue weighted by Gasteiger charge is 2.14. The van der Waals surface area contributed by atoms with Crippen LogP contribution < -0.4 is 0 Å². The van der Waals surface area contributed by atoms with Crippen LogP contribution in [-0.4, -0.2) is 28.2 Å². The summed E-state index contributed by atoms with van der Waals surface area (Å²) in [6.45, 7) is 0. The smallest absolute Gasteiger partial charge is 0.270 e. The number of aromatic amines is 1. The lowest BCUT2D eigenvalue weighted by atomic mass is 10.2. The average Bonchev–Trinajstić information content (AvgIpc) is 2.90. The number of H-pyrrole nitrogens is 1. The molecule has 0 amide bonds. The lowest BCUT2D eigenvalue weighted by Crippen LogP contribution is -1.90. The molecule has 2 aromatic carbocycles. The van der Waals surface area contributed by atoms with E-state index >= 15 is 0 Å². The molecule has 3 aromatic rings. The first-order chi connectivity index (χ1) is 10.6. The number of aromatic nitrogens is 2. The van der Waals surface area contributed by atoms with E-state index in [0.29, 0.717) is 16.4 Å². The summed E-state index contributed by atoms with van der Waals surface area (Å²) in [7, 11) is 1.70. The summed E-state index contributed by atoms with van der Waals surface area (Å²) in [5.41, 5.74) is 2.98. The quantitative estimate of drug-likeness (QED) is 0.453. The lowest BCUT2D eigenvalue weighted by molar-refractivity contribution is -0.384. The molecule has 0 fully saturated rings. The Morgan fingerprint density at radius 2 is 2.14 bits per heavy atom. The van der Waals surface area contributed by atoms with Crippen LogP contribution in [0.1, 0.15) is 5.56 Å². The van der Waals surface area contributed by atoms with Gasteiger partial charge in [-0.25, -0.2) is 4.98 Å². The number of nitrogens with one attached hydrogen (secondary N) is 1. The Morgan fingerprint density at radius 1 is 1.32 bits per heavy atom. The number of benzene rings is 2. The maximum atomic E-state index is 10.9. The molecule has 0 atom stereocenters. The molecule has 0 spiro atoms. The van der Waals surface area contributed by atoms with Crippen LogP contribution >= 0.6 is 11.6 Å². The molecule has 0 radical (unpaired) electrons. The lowest BCUT2D eigenvalue weighted by Gasteiger charge is -2.00. The monoisotopic (exact) mass is 314 g/mol. The van der Waals surface area contributed by atoms with E-state index in [1.807, 2.05) is 18.2 Å². The number of nitro benzene ring substituents is 1. The van der Waals surface area contributed by atoms with Crippen LogP contribution in [0, 0.1) is 10.1 Å². The molecular weight excluding hydrogens is 304 g/mol. The summed E-state index contributed by atoms with van der Waals surface area (Å²) in [5, 5.41) is 11.3. The summed E-state index contributed by atoms with van der Waals surface area (Å²) >= 11 is 6.14. The number of hydrogen-bond acceptors (Lipinski definition) is 4. The number of fused-ring (bicyclic) bond motifs is 1. The highest BCUT2D eigenvalue weighted by Crippen LogP contribution is 2.31. The first-order valence-electron chi connectivity index (χ1n) is 6.45. The normalized spacial score (nSPS) is 11.4. The van der Waals surface area contributed by atoms with Crippen molar-refractivity contribution in [3.63, 3.8) is 0 Å². The maximum absolute atomic E-state index is 10.9. The highest BCUT2D eigenvalue weighted by atomic mass is 35.5. The summed E-state index contributed by atoms with van der Waals surface area (Å²) in [6, 6.07) is 9.94. The SMILES string of the molecule is CN=Cc1ccc2nc(-c3cc([N+](=O)[O-])ccc3Cl)[nH]c2c1. The molecule has 0 aliphatic rings. The summed E-state index contributed by atoms with van der Waals surface area (Å²) in [6.07, 6.45) is 1.74. The zero-order valence-electron chi connectivity index (χ0n) is 11.6. The molecule has 0 aliphatic heterocycles. The standard InChI is InChI=1S/C15H11ClN4O2/c1-17-8-9-2-5-13-14(6-9)19-15(18-13)11-7-10(20(21)22)3-4-12(11)16/h2-8H,1H3,(H,18,19). The maximum Gasteiger partial charge on any atom is 0.270 e. The largest absolute Gasteiger partial charge is 0.338 e. The van der Waals surface area contributed by atoms with Crippen LogP contribution in [0.5, 0.6) is 0 Å². The van der Waals surface area contributed by atoms with Crippen molar-refractivity contribution in [3.05, 3.63) is 57.1 Å². The molecule has 3 rings (SSSR count). The van der Waals surface area contributed by atoms with Crippen molar-refractivity contribution in [1.29, 1.82) is 0 Å². The molecule has 0 bridgehead atoms. The predicted octanol–water partition coefficient (Wildman–Crippen LogP) is 3.84. The Balaban J connectivity index is 2.14. The minimum atomic E-state index is -0.460. The fourth-order valence-corrected chi connectivity index (χ4v) is 2.40. The minimum absolute atomic E-state index is 0.0290. The first kappa shape index (κ1) is 14.2. The van der Waals surface area contributed by atoms with Crippen molar-refractivity contribution < 1.29 is 4.92 Å².